The Balaban J connectivity index is 2.03. The van der Waals surface area contributed by atoms with E-state index in [2.05, 4.69) is 22.4 Å². The van der Waals surface area contributed by atoms with E-state index in [1.54, 1.807) is 18.2 Å². The van der Waals surface area contributed by atoms with Gasteiger partial charge in [-0.2, -0.15) is 0 Å². The van der Waals surface area contributed by atoms with Crippen LogP contribution in [0.2, 0.25) is 0 Å². The number of primary amides is 1. The van der Waals surface area contributed by atoms with Crippen LogP contribution < -0.4 is 16.9 Å². The van der Waals surface area contributed by atoms with E-state index < -0.39 is 5.91 Å². The van der Waals surface area contributed by atoms with Gasteiger partial charge in [0.2, 0.25) is 5.91 Å². The zero-order chi connectivity index (χ0) is 13.1. The van der Waals surface area contributed by atoms with Crippen LogP contribution in [0.1, 0.15) is 10.4 Å². The highest BCUT2D eigenvalue weighted by atomic mass is 16.1. The highest BCUT2D eigenvalue weighted by Gasteiger charge is 2.14. The van der Waals surface area contributed by atoms with Gasteiger partial charge >= 0.3 is 0 Å². The topological polar surface area (TPSA) is 87.6 Å². The molecule has 6 nitrogen and oxygen atoms in total. The molecule has 5 N–H and O–H groups in total. The minimum Gasteiger partial charge on any atom is -0.397 e. The van der Waals surface area contributed by atoms with E-state index in [-0.39, 0.29) is 0 Å². The van der Waals surface area contributed by atoms with Gasteiger partial charge in [0.15, 0.2) is 0 Å². The van der Waals surface area contributed by atoms with Gasteiger partial charge in [0.05, 0.1) is 11.4 Å². The maximum absolute atomic E-state index is 11.0. The highest BCUT2D eigenvalue weighted by Crippen LogP contribution is 2.20. The summed E-state index contributed by atoms with van der Waals surface area (Å²) in [4.78, 5) is 13.3. The summed E-state index contributed by atoms with van der Waals surface area (Å²) in [5, 5.41) is 2.12. The second-order valence-corrected chi connectivity index (χ2v) is 4.57. The number of piperazine rings is 1. The first kappa shape index (κ1) is 12.7. The molecule has 1 aliphatic heterocycles. The maximum Gasteiger partial charge on any atom is 0.248 e. The number of hydrogen-bond acceptors (Lipinski definition) is 5. The molecular formula is C12H19N5O. The molecule has 18 heavy (non-hydrogen) atoms. The van der Waals surface area contributed by atoms with Gasteiger partial charge in [-0.05, 0) is 25.2 Å². The van der Waals surface area contributed by atoms with Crippen molar-refractivity contribution in [2.45, 2.75) is 0 Å². The second kappa shape index (κ2) is 5.24. The zero-order valence-electron chi connectivity index (χ0n) is 10.5. The Kier molecular flexibility index (Phi) is 3.69. The van der Waals surface area contributed by atoms with Crippen molar-refractivity contribution in [3.63, 3.8) is 0 Å². The van der Waals surface area contributed by atoms with Crippen LogP contribution in [0.4, 0.5) is 11.4 Å². The Bertz CT molecular complexity index is 440. The number of anilines is 2. The minimum absolute atomic E-state index is 0.427. The number of carbonyl (C=O) groups is 1. The molecule has 0 aliphatic carbocycles. The van der Waals surface area contributed by atoms with Gasteiger partial charge in [0, 0.05) is 31.7 Å². The summed E-state index contributed by atoms with van der Waals surface area (Å²) in [5.74, 6) is -0.465. The lowest BCUT2D eigenvalue weighted by atomic mass is 10.1. The second-order valence-electron chi connectivity index (χ2n) is 4.57. The van der Waals surface area contributed by atoms with Gasteiger partial charge in [-0.15, -0.1) is 0 Å². The lowest BCUT2D eigenvalue weighted by Crippen LogP contribution is -2.47. The maximum atomic E-state index is 11.0. The van der Waals surface area contributed by atoms with Gasteiger partial charge in [-0.25, -0.2) is 5.01 Å². The van der Waals surface area contributed by atoms with Crippen LogP contribution in [-0.2, 0) is 0 Å². The number of likely N-dealkylation sites (N-methyl/N-ethyl adjacent to an activating group) is 1. The quantitative estimate of drug-likeness (QED) is 0.653. The molecular weight excluding hydrogens is 230 g/mol. The first-order valence-electron chi connectivity index (χ1n) is 5.96. The Hall–Kier alpha value is -1.79. The SMILES string of the molecule is CN1CCN(Nc2ccc(C(N)=O)cc2N)CC1. The predicted molar refractivity (Wildman–Crippen MR) is 72.1 cm³/mol. The van der Waals surface area contributed by atoms with E-state index in [4.69, 9.17) is 11.5 Å². The third kappa shape index (κ3) is 2.91. The van der Waals surface area contributed by atoms with Crippen LogP contribution in [0.25, 0.3) is 0 Å². The largest absolute Gasteiger partial charge is 0.397 e. The molecule has 0 saturated carbocycles. The number of hydrogen-bond donors (Lipinski definition) is 3. The number of benzene rings is 1. The van der Waals surface area contributed by atoms with Crippen LogP contribution in [0.5, 0.6) is 0 Å². The van der Waals surface area contributed by atoms with Gasteiger partial charge in [-0.1, -0.05) is 0 Å². The highest BCUT2D eigenvalue weighted by molar-refractivity contribution is 5.94. The number of hydrazine groups is 1. The Morgan fingerprint density at radius 3 is 2.50 bits per heavy atom. The molecule has 0 radical (unpaired) electrons. The van der Waals surface area contributed by atoms with Crippen molar-refractivity contribution in [2.75, 3.05) is 44.4 Å². The number of nitrogen functional groups attached to an aromatic ring is 1. The van der Waals surface area contributed by atoms with Crippen molar-refractivity contribution in [3.8, 4) is 0 Å². The van der Waals surface area contributed by atoms with Crippen molar-refractivity contribution in [1.82, 2.24) is 9.91 Å². The van der Waals surface area contributed by atoms with Crippen LogP contribution in [0.15, 0.2) is 18.2 Å². The summed E-state index contributed by atoms with van der Waals surface area (Å²) in [6, 6.07) is 5.06. The van der Waals surface area contributed by atoms with Crippen LogP contribution in [0, 0.1) is 0 Å². The molecule has 0 atom stereocenters. The molecule has 0 aromatic heterocycles. The third-order valence-electron chi connectivity index (χ3n) is 3.12. The van der Waals surface area contributed by atoms with Crippen LogP contribution >= 0.6 is 0 Å². The average Bonchev–Trinajstić information content (AvgIpc) is 2.34. The minimum atomic E-state index is -0.465. The standard InChI is InChI=1S/C12H19N5O/c1-16-4-6-17(7-5-16)15-11-3-2-9(12(14)18)8-10(11)13/h2-3,8,15H,4-7,13H2,1H3,(H2,14,18). The molecule has 1 amide bonds. The summed E-state index contributed by atoms with van der Waals surface area (Å²) < 4.78 is 0. The fourth-order valence-electron chi connectivity index (χ4n) is 1.91. The molecule has 1 saturated heterocycles. The number of rotatable bonds is 3. The molecule has 0 bridgehead atoms. The molecule has 1 aliphatic rings. The van der Waals surface area contributed by atoms with Crippen molar-refractivity contribution in [1.29, 1.82) is 0 Å². The molecule has 1 aromatic carbocycles. The first-order chi connectivity index (χ1) is 8.56. The predicted octanol–water partition coefficient (Wildman–Crippen LogP) is -0.0580. The summed E-state index contributed by atoms with van der Waals surface area (Å²) in [5.41, 5.74) is 16.1. The summed E-state index contributed by atoms with van der Waals surface area (Å²) >= 11 is 0. The summed E-state index contributed by atoms with van der Waals surface area (Å²) in [6.45, 7) is 3.92. The Labute approximate surface area is 106 Å². The van der Waals surface area contributed by atoms with E-state index in [1.165, 1.54) is 0 Å². The van der Waals surface area contributed by atoms with Crippen LogP contribution in [0.3, 0.4) is 0 Å². The van der Waals surface area contributed by atoms with E-state index in [9.17, 15) is 4.79 Å². The molecule has 1 aromatic rings. The molecule has 6 heteroatoms. The van der Waals surface area contributed by atoms with E-state index >= 15 is 0 Å². The number of nitrogens with two attached hydrogens (primary N) is 2. The lowest BCUT2D eigenvalue weighted by Gasteiger charge is -2.33. The van der Waals surface area contributed by atoms with E-state index in [0.29, 0.717) is 11.3 Å². The Morgan fingerprint density at radius 1 is 1.28 bits per heavy atom. The fraction of sp³-hybridized carbons (Fsp3) is 0.417. The monoisotopic (exact) mass is 249 g/mol. The molecule has 0 unspecified atom stereocenters. The Morgan fingerprint density at radius 2 is 1.94 bits per heavy atom. The zero-order valence-corrected chi connectivity index (χ0v) is 10.5. The molecule has 1 heterocycles. The van der Waals surface area contributed by atoms with Crippen molar-refractivity contribution in [2.24, 2.45) is 5.73 Å². The third-order valence-corrected chi connectivity index (χ3v) is 3.12. The number of nitrogens with zero attached hydrogens (tertiary/aromatic N) is 2. The van der Waals surface area contributed by atoms with Crippen LogP contribution in [-0.4, -0.2) is 49.0 Å². The number of carbonyl (C=O) groups excluding carboxylic acids is 1. The summed E-state index contributed by atoms with van der Waals surface area (Å²) in [7, 11) is 2.10. The summed E-state index contributed by atoms with van der Waals surface area (Å²) in [6.07, 6.45) is 0. The van der Waals surface area contributed by atoms with E-state index in [1.807, 2.05) is 0 Å². The number of amides is 1. The van der Waals surface area contributed by atoms with Gasteiger partial charge < -0.3 is 21.8 Å². The fourth-order valence-corrected chi connectivity index (χ4v) is 1.91. The first-order valence-corrected chi connectivity index (χ1v) is 5.96. The van der Waals surface area contributed by atoms with Crippen molar-refractivity contribution >= 4 is 17.3 Å². The van der Waals surface area contributed by atoms with Crippen molar-refractivity contribution in [3.05, 3.63) is 23.8 Å². The average molecular weight is 249 g/mol. The smallest absolute Gasteiger partial charge is 0.248 e. The molecule has 0 spiro atoms. The molecule has 2 rings (SSSR count). The van der Waals surface area contributed by atoms with Gasteiger partial charge in [0.25, 0.3) is 0 Å². The number of nitrogens with one attached hydrogen (secondary N) is 1. The van der Waals surface area contributed by atoms with E-state index in [0.717, 1.165) is 31.9 Å². The molecule has 98 valence electrons. The lowest BCUT2D eigenvalue weighted by molar-refractivity contribution is 0.100. The van der Waals surface area contributed by atoms with Gasteiger partial charge in [-0.3, -0.25) is 4.79 Å². The molecule has 1 fully saturated rings. The normalized spacial score (nSPS) is 17.6. The van der Waals surface area contributed by atoms with Gasteiger partial charge in [0.1, 0.15) is 0 Å². The van der Waals surface area contributed by atoms with Crippen molar-refractivity contribution < 1.29 is 4.79 Å².